The summed E-state index contributed by atoms with van der Waals surface area (Å²) in [6.45, 7) is 7.04. The van der Waals surface area contributed by atoms with Crippen LogP contribution in [0.4, 0.5) is 11.4 Å². The molecule has 3 rings (SSSR count). The van der Waals surface area contributed by atoms with E-state index in [0.29, 0.717) is 49.4 Å². The van der Waals surface area contributed by atoms with Gasteiger partial charge in [0.1, 0.15) is 5.69 Å². The van der Waals surface area contributed by atoms with Crippen molar-refractivity contribution in [3.05, 3.63) is 33.3 Å². The number of nitro groups is 1. The summed E-state index contributed by atoms with van der Waals surface area (Å²) in [7, 11) is 0. The van der Waals surface area contributed by atoms with Gasteiger partial charge >= 0.3 is 0 Å². The number of hydrogen-bond donors (Lipinski definition) is 0. The molecule has 2 saturated heterocycles. The molecule has 0 N–H and O–H groups in total. The van der Waals surface area contributed by atoms with Crippen LogP contribution in [0.1, 0.15) is 19.8 Å². The molecule has 0 aliphatic carbocycles. The number of rotatable bonds is 4. The van der Waals surface area contributed by atoms with E-state index in [1.165, 1.54) is 12.5 Å². The number of likely N-dealkylation sites (tertiary alicyclic amines) is 1. The van der Waals surface area contributed by atoms with Gasteiger partial charge in [0, 0.05) is 43.8 Å². The molecule has 0 unspecified atom stereocenters. The Morgan fingerprint density at radius 1 is 1.27 bits per heavy atom. The maximum absolute atomic E-state index is 12.6. The number of benzene rings is 1. The van der Waals surface area contributed by atoms with Gasteiger partial charge < -0.3 is 9.80 Å². The van der Waals surface area contributed by atoms with Gasteiger partial charge in [0.15, 0.2) is 0 Å². The van der Waals surface area contributed by atoms with Crippen molar-refractivity contribution in [2.45, 2.75) is 19.8 Å². The fourth-order valence-electron chi connectivity index (χ4n) is 3.83. The third-order valence-electron chi connectivity index (χ3n) is 5.21. The van der Waals surface area contributed by atoms with Gasteiger partial charge in [-0.05, 0) is 37.4 Å². The average molecular weight is 381 g/mol. The zero-order valence-electron chi connectivity index (χ0n) is 15.1. The van der Waals surface area contributed by atoms with Gasteiger partial charge in [-0.2, -0.15) is 0 Å². The third-order valence-corrected chi connectivity index (χ3v) is 5.44. The summed E-state index contributed by atoms with van der Waals surface area (Å²) in [6.07, 6.45) is 2.39. The number of amides is 1. The standard InChI is InChI=1S/C18H25ClN4O3/c1-14-3-2-6-20(12-14)13-18(24)22-9-7-21(8-10-22)16-5-4-15(19)11-17(16)23(25)26/h4-5,11,14H,2-3,6-10,12-13H2,1H3/t14-/m0/s1. The van der Waals surface area contributed by atoms with Crippen LogP contribution in [0, 0.1) is 16.0 Å². The number of carbonyl (C=O) groups excluding carboxylic acids is 1. The minimum Gasteiger partial charge on any atom is -0.362 e. The van der Waals surface area contributed by atoms with Crippen LogP contribution in [0.5, 0.6) is 0 Å². The van der Waals surface area contributed by atoms with Crippen LogP contribution in [-0.2, 0) is 4.79 Å². The average Bonchev–Trinajstić information content (AvgIpc) is 2.62. The molecular formula is C18H25ClN4O3. The molecule has 1 aromatic carbocycles. The van der Waals surface area contributed by atoms with E-state index in [9.17, 15) is 14.9 Å². The molecule has 1 aromatic rings. The number of halogens is 1. The van der Waals surface area contributed by atoms with E-state index in [4.69, 9.17) is 11.6 Å². The van der Waals surface area contributed by atoms with E-state index in [2.05, 4.69) is 11.8 Å². The monoisotopic (exact) mass is 380 g/mol. The molecule has 142 valence electrons. The second-order valence-corrected chi connectivity index (χ2v) is 7.68. The van der Waals surface area contributed by atoms with Crippen molar-refractivity contribution in [1.82, 2.24) is 9.80 Å². The lowest BCUT2D eigenvalue weighted by Gasteiger charge is -2.37. The van der Waals surface area contributed by atoms with Crippen molar-refractivity contribution in [3.8, 4) is 0 Å². The fourth-order valence-corrected chi connectivity index (χ4v) is 3.99. The molecule has 0 saturated carbocycles. The molecular weight excluding hydrogens is 356 g/mol. The van der Waals surface area contributed by atoms with Crippen LogP contribution in [0.25, 0.3) is 0 Å². The van der Waals surface area contributed by atoms with Crippen LogP contribution in [-0.4, -0.2) is 66.4 Å². The number of hydrogen-bond acceptors (Lipinski definition) is 5. The molecule has 2 aliphatic rings. The van der Waals surface area contributed by atoms with Gasteiger partial charge in [-0.15, -0.1) is 0 Å². The summed E-state index contributed by atoms with van der Waals surface area (Å²) in [4.78, 5) is 29.5. The number of carbonyl (C=O) groups is 1. The Morgan fingerprint density at radius 3 is 2.65 bits per heavy atom. The maximum Gasteiger partial charge on any atom is 0.294 e. The molecule has 0 radical (unpaired) electrons. The largest absolute Gasteiger partial charge is 0.362 e. The predicted octanol–water partition coefficient (Wildman–Crippen LogP) is 2.63. The first-order chi connectivity index (χ1) is 12.4. The van der Waals surface area contributed by atoms with Crippen molar-refractivity contribution in [2.24, 2.45) is 5.92 Å². The highest BCUT2D eigenvalue weighted by molar-refractivity contribution is 6.30. The van der Waals surface area contributed by atoms with Gasteiger partial charge in [-0.1, -0.05) is 18.5 Å². The highest BCUT2D eigenvalue weighted by Crippen LogP contribution is 2.31. The molecule has 0 bridgehead atoms. The van der Waals surface area contributed by atoms with Crippen LogP contribution < -0.4 is 4.90 Å². The first-order valence-corrected chi connectivity index (χ1v) is 9.51. The Bertz CT molecular complexity index is 676. The molecule has 7 nitrogen and oxygen atoms in total. The summed E-state index contributed by atoms with van der Waals surface area (Å²) >= 11 is 5.89. The van der Waals surface area contributed by atoms with E-state index in [1.807, 2.05) is 9.80 Å². The van der Waals surface area contributed by atoms with Crippen molar-refractivity contribution in [3.63, 3.8) is 0 Å². The first-order valence-electron chi connectivity index (χ1n) is 9.13. The lowest BCUT2D eigenvalue weighted by atomic mass is 10.0. The number of nitrogens with zero attached hydrogens (tertiary/aromatic N) is 4. The highest BCUT2D eigenvalue weighted by atomic mass is 35.5. The Balaban J connectivity index is 1.57. The van der Waals surface area contributed by atoms with E-state index >= 15 is 0 Å². The zero-order valence-corrected chi connectivity index (χ0v) is 15.8. The molecule has 1 amide bonds. The molecule has 0 spiro atoms. The van der Waals surface area contributed by atoms with Crippen molar-refractivity contribution < 1.29 is 9.72 Å². The summed E-state index contributed by atoms with van der Waals surface area (Å²) in [6, 6.07) is 4.73. The quantitative estimate of drug-likeness (QED) is 0.593. The maximum atomic E-state index is 12.6. The Labute approximate surface area is 158 Å². The van der Waals surface area contributed by atoms with Gasteiger partial charge in [0.2, 0.25) is 5.91 Å². The second-order valence-electron chi connectivity index (χ2n) is 7.24. The van der Waals surface area contributed by atoms with E-state index in [-0.39, 0.29) is 11.6 Å². The molecule has 2 heterocycles. The molecule has 1 atom stereocenters. The lowest BCUT2D eigenvalue weighted by Crippen LogP contribution is -2.52. The molecule has 8 heteroatoms. The minimum atomic E-state index is -0.406. The van der Waals surface area contributed by atoms with Crippen LogP contribution in [0.15, 0.2) is 18.2 Å². The number of piperidine rings is 1. The fraction of sp³-hybridized carbons (Fsp3) is 0.611. The van der Waals surface area contributed by atoms with E-state index in [0.717, 1.165) is 19.5 Å². The highest BCUT2D eigenvalue weighted by Gasteiger charge is 2.27. The van der Waals surface area contributed by atoms with Crippen LogP contribution in [0.2, 0.25) is 5.02 Å². The van der Waals surface area contributed by atoms with Gasteiger partial charge in [-0.3, -0.25) is 19.8 Å². The Kier molecular flexibility index (Phi) is 5.98. The Hall–Kier alpha value is -1.86. The third kappa shape index (κ3) is 4.45. The summed E-state index contributed by atoms with van der Waals surface area (Å²) in [5, 5.41) is 11.6. The first kappa shape index (κ1) is 18.9. The molecule has 0 aromatic heterocycles. The van der Waals surface area contributed by atoms with Crippen molar-refractivity contribution in [2.75, 3.05) is 50.7 Å². The van der Waals surface area contributed by atoms with Crippen molar-refractivity contribution in [1.29, 1.82) is 0 Å². The number of anilines is 1. The summed E-state index contributed by atoms with van der Waals surface area (Å²) in [5.74, 6) is 0.809. The lowest BCUT2D eigenvalue weighted by molar-refractivity contribution is -0.384. The number of piperazine rings is 1. The predicted molar refractivity (Wildman–Crippen MR) is 102 cm³/mol. The van der Waals surface area contributed by atoms with Crippen LogP contribution in [0.3, 0.4) is 0 Å². The second kappa shape index (κ2) is 8.22. The van der Waals surface area contributed by atoms with Gasteiger partial charge in [0.05, 0.1) is 11.5 Å². The van der Waals surface area contributed by atoms with Crippen molar-refractivity contribution >= 4 is 28.9 Å². The summed E-state index contributed by atoms with van der Waals surface area (Å²) < 4.78 is 0. The van der Waals surface area contributed by atoms with Gasteiger partial charge in [-0.25, -0.2) is 0 Å². The minimum absolute atomic E-state index is 0.0135. The topological polar surface area (TPSA) is 69.9 Å². The zero-order chi connectivity index (χ0) is 18.7. The summed E-state index contributed by atoms with van der Waals surface area (Å²) in [5.41, 5.74) is 0.580. The molecule has 2 aliphatic heterocycles. The SMILES string of the molecule is C[C@H]1CCCN(CC(=O)N2CCN(c3ccc(Cl)cc3[N+](=O)[O-])CC2)C1. The molecule has 2 fully saturated rings. The van der Waals surface area contributed by atoms with Gasteiger partial charge in [0.25, 0.3) is 5.69 Å². The number of nitro benzene ring substituents is 1. The van der Waals surface area contributed by atoms with E-state index < -0.39 is 4.92 Å². The Morgan fingerprint density at radius 2 is 2.00 bits per heavy atom. The molecule has 26 heavy (non-hydrogen) atoms. The van der Waals surface area contributed by atoms with Crippen LogP contribution >= 0.6 is 11.6 Å². The smallest absolute Gasteiger partial charge is 0.294 e. The normalized spacial score (nSPS) is 21.7. The van der Waals surface area contributed by atoms with E-state index in [1.54, 1.807) is 12.1 Å².